The van der Waals surface area contributed by atoms with E-state index in [0.717, 1.165) is 40.9 Å². The second kappa shape index (κ2) is 8.73. The van der Waals surface area contributed by atoms with E-state index in [2.05, 4.69) is 5.32 Å². The number of thioether (sulfide) groups is 1. The molecular weight excluding hydrogens is 462 g/mol. The second-order valence-electron chi connectivity index (χ2n) is 7.70. The van der Waals surface area contributed by atoms with E-state index >= 15 is 0 Å². The minimum Gasteiger partial charge on any atom is -0.325 e. The first-order valence-corrected chi connectivity index (χ1v) is 12.5. The summed E-state index contributed by atoms with van der Waals surface area (Å²) in [5.74, 6) is 0.000269. The molecule has 0 aliphatic heterocycles. The molecule has 1 N–H and O–H groups in total. The van der Waals surface area contributed by atoms with Crippen LogP contribution in [0.2, 0.25) is 5.02 Å². The summed E-state index contributed by atoms with van der Waals surface area (Å²) in [6.07, 6.45) is 2.99. The number of carbonyl (C=O) groups is 1. The first-order valence-electron chi connectivity index (χ1n) is 10.3. The Morgan fingerprint density at radius 2 is 1.97 bits per heavy atom. The molecular formula is C24H20ClN3O2S2. The van der Waals surface area contributed by atoms with E-state index < -0.39 is 0 Å². The topological polar surface area (TPSA) is 64.0 Å². The molecule has 0 unspecified atom stereocenters. The fraction of sp³-hybridized carbons (Fsp3) is 0.208. The van der Waals surface area contributed by atoms with Gasteiger partial charge in [0.1, 0.15) is 4.83 Å². The summed E-state index contributed by atoms with van der Waals surface area (Å²) in [5.41, 5.74) is 3.52. The summed E-state index contributed by atoms with van der Waals surface area (Å²) in [6, 6.07) is 14.8. The van der Waals surface area contributed by atoms with Gasteiger partial charge in [0, 0.05) is 15.6 Å². The van der Waals surface area contributed by atoms with Gasteiger partial charge in [-0.2, -0.15) is 0 Å². The Morgan fingerprint density at radius 3 is 2.75 bits per heavy atom. The lowest BCUT2D eigenvalue weighted by molar-refractivity contribution is -0.113. The van der Waals surface area contributed by atoms with Crippen molar-refractivity contribution in [3.8, 4) is 5.69 Å². The number of fused-ring (bicyclic) bond motifs is 3. The van der Waals surface area contributed by atoms with Crippen LogP contribution in [-0.2, 0) is 17.6 Å². The minimum absolute atomic E-state index is 0.0847. The highest BCUT2D eigenvalue weighted by Crippen LogP contribution is 2.36. The molecule has 0 fully saturated rings. The molecule has 5 nitrogen and oxygen atoms in total. The van der Waals surface area contributed by atoms with Crippen LogP contribution in [0.15, 0.2) is 58.5 Å². The monoisotopic (exact) mass is 481 g/mol. The third kappa shape index (κ3) is 3.96. The van der Waals surface area contributed by atoms with E-state index in [-0.39, 0.29) is 17.2 Å². The van der Waals surface area contributed by atoms with Crippen molar-refractivity contribution in [1.82, 2.24) is 9.55 Å². The quantitative estimate of drug-likeness (QED) is 0.296. The predicted molar refractivity (Wildman–Crippen MR) is 133 cm³/mol. The first-order chi connectivity index (χ1) is 15.5. The summed E-state index contributed by atoms with van der Waals surface area (Å²) in [4.78, 5) is 33.1. The van der Waals surface area contributed by atoms with Crippen LogP contribution in [0, 0.1) is 6.92 Å². The lowest BCUT2D eigenvalue weighted by Gasteiger charge is -2.13. The Hall–Kier alpha value is -2.61. The number of aryl methyl sites for hydroxylation is 3. The Balaban J connectivity index is 1.52. The van der Waals surface area contributed by atoms with Gasteiger partial charge < -0.3 is 5.32 Å². The van der Waals surface area contributed by atoms with Crippen LogP contribution in [0.5, 0.6) is 0 Å². The normalized spacial score (nSPS) is 12.8. The predicted octanol–water partition coefficient (Wildman–Crippen LogP) is 5.63. The maximum Gasteiger partial charge on any atom is 0.267 e. The maximum atomic E-state index is 13.6. The zero-order chi connectivity index (χ0) is 22.2. The van der Waals surface area contributed by atoms with Gasteiger partial charge in [0.25, 0.3) is 5.56 Å². The van der Waals surface area contributed by atoms with E-state index in [9.17, 15) is 9.59 Å². The third-order valence-corrected chi connectivity index (χ3v) is 7.92. The van der Waals surface area contributed by atoms with Crippen molar-refractivity contribution in [3.63, 3.8) is 0 Å². The minimum atomic E-state index is -0.144. The molecule has 8 heteroatoms. The zero-order valence-corrected chi connectivity index (χ0v) is 19.7. The Morgan fingerprint density at radius 1 is 1.19 bits per heavy atom. The SMILES string of the molecule is Cc1ccccc1NC(=O)CSc1nc2sc3c(c2c(=O)n1-c1ccc(Cl)cc1)CCC3. The number of nitrogens with one attached hydrogen (secondary N) is 1. The smallest absolute Gasteiger partial charge is 0.267 e. The van der Waals surface area contributed by atoms with Crippen LogP contribution in [0.25, 0.3) is 15.9 Å². The van der Waals surface area contributed by atoms with E-state index in [1.54, 1.807) is 40.2 Å². The molecule has 0 saturated heterocycles. The van der Waals surface area contributed by atoms with Crippen molar-refractivity contribution in [3.05, 3.63) is 79.9 Å². The van der Waals surface area contributed by atoms with Gasteiger partial charge in [-0.1, -0.05) is 41.6 Å². The van der Waals surface area contributed by atoms with Crippen LogP contribution < -0.4 is 10.9 Å². The lowest BCUT2D eigenvalue weighted by atomic mass is 10.2. The Labute approximate surface area is 198 Å². The van der Waals surface area contributed by atoms with Crippen molar-refractivity contribution < 1.29 is 4.79 Å². The highest BCUT2D eigenvalue weighted by molar-refractivity contribution is 7.99. The van der Waals surface area contributed by atoms with Gasteiger partial charge in [-0.25, -0.2) is 4.98 Å². The molecule has 5 rings (SSSR count). The van der Waals surface area contributed by atoms with Crippen LogP contribution in [-0.4, -0.2) is 21.2 Å². The molecule has 0 bridgehead atoms. The van der Waals surface area contributed by atoms with Crippen molar-refractivity contribution in [2.75, 3.05) is 11.1 Å². The summed E-state index contributed by atoms with van der Waals surface area (Å²) >= 11 is 8.93. The highest BCUT2D eigenvalue weighted by atomic mass is 35.5. The molecule has 0 atom stereocenters. The number of aromatic nitrogens is 2. The van der Waals surface area contributed by atoms with E-state index in [1.165, 1.54) is 16.6 Å². The lowest BCUT2D eigenvalue weighted by Crippen LogP contribution is -2.23. The third-order valence-electron chi connectivity index (χ3n) is 5.54. The Bertz CT molecular complexity index is 1390. The molecule has 1 amide bonds. The van der Waals surface area contributed by atoms with E-state index in [0.29, 0.717) is 21.3 Å². The number of benzene rings is 2. The van der Waals surface area contributed by atoms with E-state index in [1.807, 2.05) is 31.2 Å². The van der Waals surface area contributed by atoms with E-state index in [4.69, 9.17) is 16.6 Å². The average molecular weight is 482 g/mol. The van der Waals surface area contributed by atoms with Gasteiger partial charge in [0.05, 0.1) is 16.8 Å². The molecule has 32 heavy (non-hydrogen) atoms. The summed E-state index contributed by atoms with van der Waals surface area (Å²) < 4.78 is 1.61. The number of rotatable bonds is 5. The van der Waals surface area contributed by atoms with Gasteiger partial charge in [-0.15, -0.1) is 11.3 Å². The summed E-state index contributed by atoms with van der Waals surface area (Å²) in [7, 11) is 0. The van der Waals surface area contributed by atoms with Gasteiger partial charge in [-0.05, 0) is 67.6 Å². The Kier molecular flexibility index (Phi) is 5.80. The number of anilines is 1. The fourth-order valence-electron chi connectivity index (χ4n) is 3.97. The zero-order valence-electron chi connectivity index (χ0n) is 17.4. The fourth-order valence-corrected chi connectivity index (χ4v) is 6.21. The molecule has 4 aromatic rings. The number of halogens is 1. The van der Waals surface area contributed by atoms with Crippen molar-refractivity contribution >= 4 is 56.5 Å². The molecule has 2 aromatic carbocycles. The molecule has 1 aliphatic carbocycles. The molecule has 2 aromatic heterocycles. The summed E-state index contributed by atoms with van der Waals surface area (Å²) in [6.45, 7) is 1.95. The molecule has 162 valence electrons. The number of thiophene rings is 1. The van der Waals surface area contributed by atoms with Crippen LogP contribution in [0.3, 0.4) is 0 Å². The number of amides is 1. The number of nitrogens with zero attached hydrogens (tertiary/aromatic N) is 2. The van der Waals surface area contributed by atoms with Crippen molar-refractivity contribution in [2.24, 2.45) is 0 Å². The molecule has 2 heterocycles. The number of hydrogen-bond donors (Lipinski definition) is 1. The summed E-state index contributed by atoms with van der Waals surface area (Å²) in [5, 5.41) is 4.76. The second-order valence-corrected chi connectivity index (χ2v) is 10.2. The molecule has 0 spiro atoms. The van der Waals surface area contributed by atoms with Gasteiger partial charge in [0.2, 0.25) is 5.91 Å². The highest BCUT2D eigenvalue weighted by Gasteiger charge is 2.24. The van der Waals surface area contributed by atoms with Crippen LogP contribution in [0.1, 0.15) is 22.4 Å². The molecule has 0 saturated carbocycles. The average Bonchev–Trinajstić information content (AvgIpc) is 3.36. The number of para-hydroxylation sites is 1. The van der Waals surface area contributed by atoms with Crippen molar-refractivity contribution in [2.45, 2.75) is 31.3 Å². The van der Waals surface area contributed by atoms with Crippen LogP contribution in [0.4, 0.5) is 5.69 Å². The first kappa shape index (κ1) is 21.2. The number of carbonyl (C=O) groups excluding carboxylic acids is 1. The largest absolute Gasteiger partial charge is 0.325 e. The van der Waals surface area contributed by atoms with Gasteiger partial charge in [0.15, 0.2) is 5.16 Å². The standard InChI is InChI=1S/C24H20ClN3O2S2/c1-14-5-2-3-7-18(14)26-20(29)13-31-24-27-22-21(17-6-4-8-19(17)32-22)23(30)28(24)16-11-9-15(25)10-12-16/h2-3,5,7,9-12H,4,6,8,13H2,1H3,(H,26,29). The molecule has 0 radical (unpaired) electrons. The van der Waals surface area contributed by atoms with Gasteiger partial charge in [-0.3, -0.25) is 14.2 Å². The number of hydrogen-bond acceptors (Lipinski definition) is 5. The molecule has 1 aliphatic rings. The van der Waals surface area contributed by atoms with Crippen molar-refractivity contribution in [1.29, 1.82) is 0 Å². The maximum absolute atomic E-state index is 13.6. The van der Waals surface area contributed by atoms with Crippen LogP contribution >= 0.6 is 34.7 Å². The van der Waals surface area contributed by atoms with Gasteiger partial charge >= 0.3 is 0 Å².